The van der Waals surface area contributed by atoms with Crippen molar-refractivity contribution in [1.82, 2.24) is 4.72 Å². The zero-order valence-electron chi connectivity index (χ0n) is 11.7. The van der Waals surface area contributed by atoms with E-state index < -0.39 is 27.9 Å². The standard InChI is InChI=1S/C12H16N2O6S/c1-7(12(16)17)14-21(18,19)9-4-5-11(20-3)10(6-9)13-8(2)15/h4-7,14H,1-3H3,(H,13,15)(H,16,17)/t7-/m0/s1. The first-order valence-corrected chi connectivity index (χ1v) is 7.36. The highest BCUT2D eigenvalue weighted by molar-refractivity contribution is 7.89. The number of ether oxygens (including phenoxy) is 1. The number of benzene rings is 1. The maximum Gasteiger partial charge on any atom is 0.321 e. The Balaban J connectivity index is 3.18. The summed E-state index contributed by atoms with van der Waals surface area (Å²) in [6, 6.07) is 2.53. The van der Waals surface area contributed by atoms with Crippen LogP contribution in [0.25, 0.3) is 0 Å². The van der Waals surface area contributed by atoms with Crippen LogP contribution < -0.4 is 14.8 Å². The smallest absolute Gasteiger partial charge is 0.321 e. The van der Waals surface area contributed by atoms with E-state index >= 15 is 0 Å². The van der Waals surface area contributed by atoms with Gasteiger partial charge in [0, 0.05) is 6.92 Å². The van der Waals surface area contributed by atoms with E-state index in [1.54, 1.807) is 0 Å². The summed E-state index contributed by atoms with van der Waals surface area (Å²) in [5.74, 6) is -1.40. The van der Waals surface area contributed by atoms with E-state index in [-0.39, 0.29) is 16.3 Å². The Morgan fingerprint density at radius 2 is 1.95 bits per heavy atom. The molecular formula is C12H16N2O6S. The summed E-state index contributed by atoms with van der Waals surface area (Å²) in [7, 11) is -2.65. The number of carbonyl (C=O) groups excluding carboxylic acids is 1. The third-order valence-electron chi connectivity index (χ3n) is 2.49. The van der Waals surface area contributed by atoms with Crippen LogP contribution in [0.1, 0.15) is 13.8 Å². The minimum Gasteiger partial charge on any atom is -0.495 e. The predicted octanol–water partition coefficient (Wildman–Crippen LogP) is 0.405. The van der Waals surface area contributed by atoms with Gasteiger partial charge in [0.1, 0.15) is 11.8 Å². The number of carboxylic acids is 1. The number of amides is 1. The molecule has 1 atom stereocenters. The molecule has 0 aliphatic carbocycles. The molecule has 0 heterocycles. The zero-order valence-corrected chi connectivity index (χ0v) is 12.5. The molecule has 1 rings (SSSR count). The number of nitrogens with one attached hydrogen (secondary N) is 2. The van der Waals surface area contributed by atoms with E-state index in [1.807, 2.05) is 4.72 Å². The molecule has 0 aliphatic heterocycles. The third kappa shape index (κ3) is 4.43. The fourth-order valence-corrected chi connectivity index (χ4v) is 2.72. The minimum atomic E-state index is -4.03. The van der Waals surface area contributed by atoms with Crippen LogP contribution in [-0.4, -0.2) is 38.6 Å². The van der Waals surface area contributed by atoms with Crippen molar-refractivity contribution in [3.63, 3.8) is 0 Å². The number of aliphatic carboxylic acids is 1. The van der Waals surface area contributed by atoms with E-state index in [4.69, 9.17) is 9.84 Å². The van der Waals surface area contributed by atoms with Crippen LogP contribution in [0.2, 0.25) is 0 Å². The van der Waals surface area contributed by atoms with Crippen molar-refractivity contribution < 1.29 is 27.9 Å². The molecule has 0 aliphatic rings. The fourth-order valence-electron chi connectivity index (χ4n) is 1.49. The van der Waals surface area contributed by atoms with Gasteiger partial charge in [0.15, 0.2) is 0 Å². The molecule has 9 heteroatoms. The highest BCUT2D eigenvalue weighted by Crippen LogP contribution is 2.27. The number of carbonyl (C=O) groups is 2. The predicted molar refractivity (Wildman–Crippen MR) is 74.7 cm³/mol. The molecule has 0 bridgehead atoms. The number of hydrogen-bond acceptors (Lipinski definition) is 5. The normalized spacial score (nSPS) is 12.5. The molecule has 0 fully saturated rings. The van der Waals surface area contributed by atoms with Gasteiger partial charge in [-0.25, -0.2) is 8.42 Å². The largest absolute Gasteiger partial charge is 0.495 e. The first-order chi connectivity index (χ1) is 9.67. The van der Waals surface area contributed by atoms with Crippen LogP contribution in [-0.2, 0) is 19.6 Å². The van der Waals surface area contributed by atoms with Gasteiger partial charge >= 0.3 is 5.97 Å². The summed E-state index contributed by atoms with van der Waals surface area (Å²) in [5, 5.41) is 11.2. The summed E-state index contributed by atoms with van der Waals surface area (Å²) < 4.78 is 31.1. The lowest BCUT2D eigenvalue weighted by Crippen LogP contribution is -2.38. The quantitative estimate of drug-likeness (QED) is 0.698. The Kier molecular flexibility index (Phi) is 5.28. The molecule has 0 saturated carbocycles. The molecule has 1 aromatic carbocycles. The topological polar surface area (TPSA) is 122 Å². The van der Waals surface area contributed by atoms with Gasteiger partial charge in [-0.05, 0) is 25.1 Å². The highest BCUT2D eigenvalue weighted by atomic mass is 32.2. The van der Waals surface area contributed by atoms with Gasteiger partial charge in [0.2, 0.25) is 15.9 Å². The summed E-state index contributed by atoms with van der Waals surface area (Å²) in [4.78, 5) is 21.6. The Hall–Kier alpha value is -2.13. The summed E-state index contributed by atoms with van der Waals surface area (Å²) >= 11 is 0. The number of hydrogen-bond donors (Lipinski definition) is 3. The third-order valence-corrected chi connectivity index (χ3v) is 4.03. The number of methoxy groups -OCH3 is 1. The van der Waals surface area contributed by atoms with E-state index in [0.717, 1.165) is 0 Å². The van der Waals surface area contributed by atoms with E-state index in [0.29, 0.717) is 0 Å². The molecule has 8 nitrogen and oxygen atoms in total. The summed E-state index contributed by atoms with van der Waals surface area (Å²) in [6.45, 7) is 2.48. The van der Waals surface area contributed by atoms with Crippen molar-refractivity contribution in [3.8, 4) is 5.75 Å². The molecule has 0 radical (unpaired) electrons. The van der Waals surface area contributed by atoms with Crippen molar-refractivity contribution >= 4 is 27.6 Å². The van der Waals surface area contributed by atoms with Gasteiger partial charge in [-0.3, -0.25) is 9.59 Å². The second kappa shape index (κ2) is 6.55. The SMILES string of the molecule is COc1ccc(S(=O)(=O)N[C@@H](C)C(=O)O)cc1NC(C)=O. The molecule has 0 aromatic heterocycles. The highest BCUT2D eigenvalue weighted by Gasteiger charge is 2.22. The van der Waals surface area contributed by atoms with Gasteiger partial charge < -0.3 is 15.2 Å². The Morgan fingerprint density at radius 1 is 1.33 bits per heavy atom. The van der Waals surface area contributed by atoms with Gasteiger partial charge in [0.05, 0.1) is 17.7 Å². The molecule has 21 heavy (non-hydrogen) atoms. The molecule has 3 N–H and O–H groups in total. The van der Waals surface area contributed by atoms with Crippen molar-refractivity contribution in [3.05, 3.63) is 18.2 Å². The molecule has 1 aromatic rings. The van der Waals surface area contributed by atoms with Crippen LogP contribution in [0, 0.1) is 0 Å². The van der Waals surface area contributed by atoms with Crippen LogP contribution in [0.4, 0.5) is 5.69 Å². The lowest BCUT2D eigenvalue weighted by atomic mass is 10.3. The maximum atomic E-state index is 12.1. The van der Waals surface area contributed by atoms with Crippen LogP contribution >= 0.6 is 0 Å². The number of anilines is 1. The maximum absolute atomic E-state index is 12.1. The van der Waals surface area contributed by atoms with Gasteiger partial charge in [-0.2, -0.15) is 4.72 Å². The van der Waals surface area contributed by atoms with Gasteiger partial charge in [0.25, 0.3) is 0 Å². The van der Waals surface area contributed by atoms with Crippen LogP contribution in [0.5, 0.6) is 5.75 Å². The van der Waals surface area contributed by atoms with Crippen molar-refractivity contribution in [2.45, 2.75) is 24.8 Å². The Labute approximate surface area is 122 Å². The van der Waals surface area contributed by atoms with Crippen LogP contribution in [0.3, 0.4) is 0 Å². The molecular weight excluding hydrogens is 300 g/mol. The van der Waals surface area contributed by atoms with Crippen molar-refractivity contribution in [1.29, 1.82) is 0 Å². The van der Waals surface area contributed by atoms with Gasteiger partial charge in [-0.1, -0.05) is 0 Å². The van der Waals surface area contributed by atoms with E-state index in [9.17, 15) is 18.0 Å². The fraction of sp³-hybridized carbons (Fsp3) is 0.333. The average Bonchev–Trinajstić information content (AvgIpc) is 2.37. The molecule has 0 saturated heterocycles. The van der Waals surface area contributed by atoms with Gasteiger partial charge in [-0.15, -0.1) is 0 Å². The lowest BCUT2D eigenvalue weighted by Gasteiger charge is -2.13. The Morgan fingerprint density at radius 3 is 2.43 bits per heavy atom. The second-order valence-electron chi connectivity index (χ2n) is 4.22. The number of carboxylic acid groups (broad SMARTS) is 1. The second-order valence-corrected chi connectivity index (χ2v) is 5.94. The summed E-state index contributed by atoms with van der Waals surface area (Å²) in [5.41, 5.74) is 0.177. The van der Waals surface area contributed by atoms with Crippen molar-refractivity contribution in [2.24, 2.45) is 0 Å². The average molecular weight is 316 g/mol. The van der Waals surface area contributed by atoms with Crippen molar-refractivity contribution in [2.75, 3.05) is 12.4 Å². The first kappa shape index (κ1) is 16.9. The van der Waals surface area contributed by atoms with Crippen LogP contribution in [0.15, 0.2) is 23.1 Å². The van der Waals surface area contributed by atoms with E-state index in [2.05, 4.69) is 5.32 Å². The number of rotatable bonds is 6. The molecule has 0 spiro atoms. The lowest BCUT2D eigenvalue weighted by molar-refractivity contribution is -0.138. The first-order valence-electron chi connectivity index (χ1n) is 5.88. The van der Waals surface area contributed by atoms with E-state index in [1.165, 1.54) is 39.2 Å². The monoisotopic (exact) mass is 316 g/mol. The molecule has 0 unspecified atom stereocenters. The molecule has 1 amide bonds. The Bertz CT molecular complexity index is 656. The minimum absolute atomic E-state index is 0.177. The summed E-state index contributed by atoms with van der Waals surface area (Å²) in [6.07, 6.45) is 0. The number of sulfonamides is 1. The zero-order chi connectivity index (χ0) is 16.2. The molecule has 116 valence electrons.